The predicted molar refractivity (Wildman–Crippen MR) is 114 cm³/mol. The quantitative estimate of drug-likeness (QED) is 0.561. The topological polar surface area (TPSA) is 115 Å². The summed E-state index contributed by atoms with van der Waals surface area (Å²) in [6, 6.07) is 8.84. The average Bonchev–Trinajstić information content (AvgIpc) is 2.83. The number of halogens is 1. The van der Waals surface area contributed by atoms with E-state index >= 15 is 0 Å². The van der Waals surface area contributed by atoms with Crippen LogP contribution in [0.15, 0.2) is 48.9 Å². The van der Waals surface area contributed by atoms with Crippen LogP contribution >= 0.6 is 0 Å². The summed E-state index contributed by atoms with van der Waals surface area (Å²) in [6.07, 6.45) is 2.67. The summed E-state index contributed by atoms with van der Waals surface area (Å²) in [6.45, 7) is 2.44. The number of likely N-dealkylation sites (tertiary alicyclic amines) is 1. The Hall–Kier alpha value is -4.08. The second kappa shape index (κ2) is 9.60. The fourth-order valence-corrected chi connectivity index (χ4v) is 3.44. The summed E-state index contributed by atoms with van der Waals surface area (Å²) in [7, 11) is 0. The van der Waals surface area contributed by atoms with Gasteiger partial charge < -0.3 is 19.5 Å². The first kappa shape index (κ1) is 22.1. The highest BCUT2D eigenvalue weighted by Crippen LogP contribution is 2.31. The number of hydrogen-bond donors (Lipinski definition) is 1. The normalized spacial score (nSPS) is 14.1. The Bertz CT molecular complexity index is 1170. The van der Waals surface area contributed by atoms with Crippen LogP contribution in [-0.2, 0) is 0 Å². The van der Waals surface area contributed by atoms with E-state index in [9.17, 15) is 14.0 Å². The molecule has 2 aromatic heterocycles. The third kappa shape index (κ3) is 5.05. The summed E-state index contributed by atoms with van der Waals surface area (Å²) in [5.74, 6) is -0.820. The van der Waals surface area contributed by atoms with Crippen molar-refractivity contribution in [3.05, 3.63) is 71.6 Å². The molecule has 10 heteroatoms. The number of benzene rings is 1. The summed E-state index contributed by atoms with van der Waals surface area (Å²) >= 11 is 0. The van der Waals surface area contributed by atoms with Crippen LogP contribution in [0.25, 0.3) is 0 Å². The molecular formula is C23H21FN4O5. The van der Waals surface area contributed by atoms with Gasteiger partial charge in [-0.15, -0.1) is 0 Å². The number of ketones is 1. The first-order valence-corrected chi connectivity index (χ1v) is 10.3. The highest BCUT2D eigenvalue weighted by molar-refractivity contribution is 6.07. The molecule has 1 aliphatic heterocycles. The van der Waals surface area contributed by atoms with Crippen molar-refractivity contribution in [2.45, 2.75) is 25.9 Å². The lowest BCUT2D eigenvalue weighted by atomic mass is 10.1. The number of ether oxygens (including phenoxy) is 2. The zero-order valence-electron chi connectivity index (χ0n) is 17.8. The molecule has 1 aromatic carbocycles. The third-order valence-electron chi connectivity index (χ3n) is 5.28. The lowest BCUT2D eigenvalue weighted by Crippen LogP contribution is -2.41. The van der Waals surface area contributed by atoms with Crippen LogP contribution in [0.2, 0.25) is 0 Å². The van der Waals surface area contributed by atoms with Gasteiger partial charge in [0.05, 0.1) is 5.56 Å². The van der Waals surface area contributed by atoms with Crippen molar-refractivity contribution in [3.8, 4) is 17.5 Å². The summed E-state index contributed by atoms with van der Waals surface area (Å²) in [4.78, 5) is 37.0. The van der Waals surface area contributed by atoms with E-state index in [2.05, 4.69) is 15.0 Å². The summed E-state index contributed by atoms with van der Waals surface area (Å²) in [5, 5.41) is 9.06. The number of aromatic nitrogens is 3. The van der Waals surface area contributed by atoms with Crippen molar-refractivity contribution < 1.29 is 28.6 Å². The van der Waals surface area contributed by atoms with Crippen LogP contribution in [0.3, 0.4) is 0 Å². The monoisotopic (exact) mass is 452 g/mol. The summed E-state index contributed by atoms with van der Waals surface area (Å²) in [5.41, 5.74) is 0.842. The highest BCUT2D eigenvalue weighted by Gasteiger charge is 2.25. The van der Waals surface area contributed by atoms with E-state index in [1.807, 2.05) is 0 Å². The molecule has 3 aromatic rings. The van der Waals surface area contributed by atoms with Crippen LogP contribution in [0.1, 0.15) is 34.5 Å². The summed E-state index contributed by atoms with van der Waals surface area (Å²) < 4.78 is 26.3. The van der Waals surface area contributed by atoms with Gasteiger partial charge in [0.25, 0.3) is 0 Å². The van der Waals surface area contributed by atoms with E-state index in [1.165, 1.54) is 29.6 Å². The minimum Gasteiger partial charge on any atom is -0.474 e. The van der Waals surface area contributed by atoms with Gasteiger partial charge in [-0.05, 0) is 37.3 Å². The van der Waals surface area contributed by atoms with E-state index in [0.29, 0.717) is 31.5 Å². The van der Waals surface area contributed by atoms with E-state index in [4.69, 9.17) is 14.6 Å². The Morgan fingerprint density at radius 2 is 1.85 bits per heavy atom. The average molecular weight is 452 g/mol. The van der Waals surface area contributed by atoms with Gasteiger partial charge in [-0.25, -0.2) is 19.2 Å². The Labute approximate surface area is 188 Å². The van der Waals surface area contributed by atoms with Crippen LogP contribution in [0.5, 0.6) is 17.5 Å². The molecule has 170 valence electrons. The number of piperidine rings is 1. The number of amides is 1. The molecule has 0 aliphatic carbocycles. The first-order chi connectivity index (χ1) is 15.9. The Morgan fingerprint density at radius 3 is 2.52 bits per heavy atom. The molecule has 1 N–H and O–H groups in total. The van der Waals surface area contributed by atoms with E-state index < -0.39 is 17.7 Å². The van der Waals surface area contributed by atoms with E-state index in [1.54, 1.807) is 25.1 Å². The largest absolute Gasteiger partial charge is 0.474 e. The molecule has 33 heavy (non-hydrogen) atoms. The molecule has 0 bridgehead atoms. The van der Waals surface area contributed by atoms with E-state index in [0.717, 1.165) is 6.07 Å². The number of hydrogen-bond acceptors (Lipinski definition) is 7. The number of carbonyl (C=O) groups is 2. The molecule has 9 nitrogen and oxygen atoms in total. The second-order valence-corrected chi connectivity index (χ2v) is 7.49. The molecule has 1 aliphatic rings. The number of rotatable bonds is 6. The fraction of sp³-hybridized carbons (Fsp3) is 0.261. The molecule has 0 radical (unpaired) electrons. The first-order valence-electron chi connectivity index (χ1n) is 10.3. The highest BCUT2D eigenvalue weighted by atomic mass is 19.1. The predicted octanol–water partition coefficient (Wildman–Crippen LogP) is 3.86. The fourth-order valence-electron chi connectivity index (χ4n) is 3.44. The number of carbonyl (C=O) groups excluding carboxylic acids is 1. The van der Waals surface area contributed by atoms with Crippen molar-refractivity contribution in [1.82, 2.24) is 19.9 Å². The smallest absolute Gasteiger partial charge is 0.407 e. The van der Waals surface area contributed by atoms with Gasteiger partial charge in [-0.3, -0.25) is 9.78 Å². The Kier molecular flexibility index (Phi) is 6.43. The van der Waals surface area contributed by atoms with Crippen LogP contribution in [0, 0.1) is 12.7 Å². The molecule has 1 amide bonds. The third-order valence-corrected chi connectivity index (χ3v) is 5.28. The van der Waals surface area contributed by atoms with Gasteiger partial charge in [-0.2, -0.15) is 0 Å². The zero-order chi connectivity index (χ0) is 23.4. The molecule has 0 spiro atoms. The molecule has 3 heterocycles. The minimum absolute atomic E-state index is 0.102. The van der Waals surface area contributed by atoms with Crippen molar-refractivity contribution in [1.29, 1.82) is 0 Å². The van der Waals surface area contributed by atoms with Gasteiger partial charge in [0.2, 0.25) is 17.5 Å². The molecule has 0 atom stereocenters. The number of carboxylic acid groups (broad SMARTS) is 1. The van der Waals surface area contributed by atoms with Gasteiger partial charge in [-0.1, -0.05) is 6.07 Å². The van der Waals surface area contributed by atoms with Gasteiger partial charge in [0.1, 0.15) is 18.1 Å². The SMILES string of the molecule is Cc1c(Oc2ccc(C(=O)c3ccccn3)cc2F)ncnc1OC1CCN(C(=O)O)CC1. The van der Waals surface area contributed by atoms with Crippen LogP contribution in [0.4, 0.5) is 9.18 Å². The molecule has 4 rings (SSSR count). The van der Waals surface area contributed by atoms with Gasteiger partial charge in [0, 0.05) is 37.7 Å². The number of nitrogens with zero attached hydrogens (tertiary/aromatic N) is 4. The Balaban J connectivity index is 1.46. The zero-order valence-corrected chi connectivity index (χ0v) is 17.8. The standard InChI is InChI=1S/C23H21FN4O5/c1-14-21(32-16-7-10-28(11-8-16)23(30)31)26-13-27-22(14)33-19-6-5-15(12-17(19)24)20(29)18-4-2-3-9-25-18/h2-6,9,12-13,16H,7-8,10-11H2,1H3,(H,30,31). The molecule has 1 fully saturated rings. The molecule has 0 saturated carbocycles. The van der Waals surface area contributed by atoms with Crippen LogP contribution < -0.4 is 9.47 Å². The van der Waals surface area contributed by atoms with Crippen molar-refractivity contribution in [3.63, 3.8) is 0 Å². The van der Waals surface area contributed by atoms with E-state index in [-0.39, 0.29) is 34.9 Å². The van der Waals surface area contributed by atoms with Crippen molar-refractivity contribution >= 4 is 11.9 Å². The molecule has 1 saturated heterocycles. The molecular weight excluding hydrogens is 431 g/mol. The maximum atomic E-state index is 14.7. The van der Waals surface area contributed by atoms with Crippen molar-refractivity contribution in [2.24, 2.45) is 0 Å². The second-order valence-electron chi connectivity index (χ2n) is 7.49. The van der Waals surface area contributed by atoms with Gasteiger partial charge in [0.15, 0.2) is 11.6 Å². The maximum Gasteiger partial charge on any atom is 0.407 e. The number of pyridine rings is 1. The van der Waals surface area contributed by atoms with Gasteiger partial charge >= 0.3 is 6.09 Å². The lowest BCUT2D eigenvalue weighted by Gasteiger charge is -2.30. The lowest BCUT2D eigenvalue weighted by molar-refractivity contribution is 0.0863. The minimum atomic E-state index is -0.947. The Morgan fingerprint density at radius 1 is 1.09 bits per heavy atom. The maximum absolute atomic E-state index is 14.7. The van der Waals surface area contributed by atoms with Crippen molar-refractivity contribution in [2.75, 3.05) is 13.1 Å². The molecule has 0 unspecified atom stereocenters. The van der Waals surface area contributed by atoms with Crippen LogP contribution in [-0.4, -0.2) is 56.0 Å².